The average molecular weight is 297 g/mol. The average Bonchev–Trinajstić information content (AvgIpc) is 2.42. The molecule has 0 bridgehead atoms. The first kappa shape index (κ1) is 11.8. The molecule has 0 saturated carbocycles. The third-order valence-corrected chi connectivity index (χ3v) is 5.03. The minimum absolute atomic E-state index is 0.220. The minimum Gasteiger partial charge on any atom is -0.233 e. The summed E-state index contributed by atoms with van der Waals surface area (Å²) in [5.41, 5.74) is 0.499. The minimum atomic E-state index is -3.43. The molecule has 0 spiro atoms. The van der Waals surface area contributed by atoms with E-state index in [1.54, 1.807) is 6.92 Å². The summed E-state index contributed by atoms with van der Waals surface area (Å²) in [4.78, 5) is 3.98. The molecule has 0 fully saturated rings. The van der Waals surface area contributed by atoms with Crippen molar-refractivity contribution in [2.24, 2.45) is 0 Å². The first-order valence-corrected chi connectivity index (χ1v) is 6.80. The van der Waals surface area contributed by atoms with Crippen molar-refractivity contribution in [2.45, 2.75) is 11.1 Å². The van der Waals surface area contributed by atoms with E-state index >= 15 is 0 Å². The van der Waals surface area contributed by atoms with E-state index in [2.05, 4.69) is 32.2 Å². The van der Waals surface area contributed by atoms with Crippen molar-refractivity contribution >= 4 is 37.3 Å². The molecule has 1 heterocycles. The molecule has 0 aliphatic heterocycles. The lowest BCUT2D eigenvalue weighted by atomic mass is 10.6. The van der Waals surface area contributed by atoms with Crippen LogP contribution in [-0.4, -0.2) is 19.9 Å². The van der Waals surface area contributed by atoms with Crippen LogP contribution in [0.15, 0.2) is 20.8 Å². The quantitative estimate of drug-likeness (QED) is 0.860. The van der Waals surface area contributed by atoms with E-state index in [-0.39, 0.29) is 10.8 Å². The molecule has 0 aromatic carbocycles. The van der Waals surface area contributed by atoms with Gasteiger partial charge in [0.25, 0.3) is 10.0 Å². The van der Waals surface area contributed by atoms with Gasteiger partial charge in [-0.1, -0.05) is 17.4 Å². The second-order valence-corrected chi connectivity index (χ2v) is 6.72. The van der Waals surface area contributed by atoms with Crippen LogP contribution in [0.3, 0.4) is 0 Å². The summed E-state index contributed by atoms with van der Waals surface area (Å²) < 4.78 is 26.4. The fourth-order valence-corrected chi connectivity index (χ4v) is 4.19. The summed E-state index contributed by atoms with van der Waals surface area (Å²) in [5, 5.41) is 0. The molecule has 1 N–H and O–H groups in total. The van der Waals surface area contributed by atoms with E-state index < -0.39 is 10.0 Å². The molecular formula is C7H9BrN2O2S2. The van der Waals surface area contributed by atoms with E-state index in [1.165, 1.54) is 6.08 Å². The molecule has 7 heteroatoms. The Morgan fingerprint density at radius 3 is 2.79 bits per heavy atom. The van der Waals surface area contributed by atoms with Gasteiger partial charge in [0, 0.05) is 6.54 Å². The van der Waals surface area contributed by atoms with Gasteiger partial charge in [-0.25, -0.2) is 18.1 Å². The molecule has 0 aliphatic rings. The van der Waals surface area contributed by atoms with Gasteiger partial charge in [-0.3, -0.25) is 0 Å². The van der Waals surface area contributed by atoms with Crippen LogP contribution >= 0.6 is 27.3 Å². The number of thiazole rings is 1. The molecule has 1 aromatic rings. The Bertz CT molecular complexity index is 439. The zero-order chi connectivity index (χ0) is 10.8. The fraction of sp³-hybridized carbons (Fsp3) is 0.286. The zero-order valence-corrected chi connectivity index (χ0v) is 10.7. The van der Waals surface area contributed by atoms with E-state index in [4.69, 9.17) is 0 Å². The number of halogens is 1. The maximum Gasteiger partial charge on any atom is 0.252 e. The van der Waals surface area contributed by atoms with Crippen molar-refractivity contribution in [1.82, 2.24) is 9.71 Å². The molecule has 0 radical (unpaired) electrons. The largest absolute Gasteiger partial charge is 0.252 e. The predicted molar refractivity (Wildman–Crippen MR) is 59.9 cm³/mol. The molecule has 0 aliphatic carbocycles. The third kappa shape index (κ3) is 2.63. The van der Waals surface area contributed by atoms with Crippen LogP contribution in [0.4, 0.5) is 0 Å². The van der Waals surface area contributed by atoms with Crippen LogP contribution in [0.25, 0.3) is 0 Å². The van der Waals surface area contributed by atoms with Crippen LogP contribution < -0.4 is 4.72 Å². The summed E-state index contributed by atoms with van der Waals surface area (Å²) in [7, 11) is -3.43. The zero-order valence-electron chi connectivity index (χ0n) is 7.45. The lowest BCUT2D eigenvalue weighted by Gasteiger charge is -2.01. The van der Waals surface area contributed by atoms with Gasteiger partial charge in [-0.15, -0.1) is 6.58 Å². The Hall–Kier alpha value is -0.240. The number of nitrogens with zero attached hydrogens (tertiary/aromatic N) is 1. The molecule has 14 heavy (non-hydrogen) atoms. The van der Waals surface area contributed by atoms with Gasteiger partial charge in [0.05, 0.1) is 5.69 Å². The topological polar surface area (TPSA) is 59.1 Å². The first-order chi connectivity index (χ1) is 6.47. The molecule has 78 valence electrons. The molecule has 0 atom stereocenters. The molecule has 0 amide bonds. The summed E-state index contributed by atoms with van der Waals surface area (Å²) in [6, 6.07) is 0. The predicted octanol–water partition coefficient (Wildman–Crippen LogP) is 1.68. The van der Waals surface area contributed by atoms with E-state index in [9.17, 15) is 8.42 Å². The summed E-state index contributed by atoms with van der Waals surface area (Å²) in [5.74, 6) is 0. The smallest absolute Gasteiger partial charge is 0.233 e. The number of hydrogen-bond acceptors (Lipinski definition) is 4. The van der Waals surface area contributed by atoms with Gasteiger partial charge in [0.2, 0.25) is 0 Å². The lowest BCUT2D eigenvalue weighted by molar-refractivity contribution is 0.587. The van der Waals surface area contributed by atoms with Crippen molar-refractivity contribution in [3.05, 3.63) is 22.3 Å². The van der Waals surface area contributed by atoms with Gasteiger partial charge in [0.1, 0.15) is 0 Å². The Kier molecular flexibility index (Phi) is 3.82. The second kappa shape index (κ2) is 4.52. The number of nitrogens with one attached hydrogen (secondary N) is 1. The Labute approximate surface area is 95.2 Å². The van der Waals surface area contributed by atoms with Crippen molar-refractivity contribution in [1.29, 1.82) is 0 Å². The van der Waals surface area contributed by atoms with Crippen LogP contribution in [0, 0.1) is 6.92 Å². The van der Waals surface area contributed by atoms with Gasteiger partial charge in [0.15, 0.2) is 8.13 Å². The molecule has 4 nitrogen and oxygen atoms in total. The number of sulfonamides is 1. The van der Waals surface area contributed by atoms with Crippen molar-refractivity contribution in [3.63, 3.8) is 0 Å². The van der Waals surface area contributed by atoms with Crippen LogP contribution in [-0.2, 0) is 10.0 Å². The van der Waals surface area contributed by atoms with Crippen LogP contribution in [0.1, 0.15) is 5.69 Å². The van der Waals surface area contributed by atoms with Gasteiger partial charge < -0.3 is 0 Å². The Morgan fingerprint density at radius 1 is 1.71 bits per heavy atom. The first-order valence-electron chi connectivity index (χ1n) is 3.71. The Balaban J connectivity index is 3.03. The summed E-state index contributed by atoms with van der Waals surface area (Å²) >= 11 is 4.23. The third-order valence-electron chi connectivity index (χ3n) is 1.39. The monoisotopic (exact) mass is 296 g/mol. The maximum atomic E-state index is 11.6. The van der Waals surface area contributed by atoms with Crippen LogP contribution in [0.2, 0.25) is 0 Å². The van der Waals surface area contributed by atoms with Gasteiger partial charge >= 0.3 is 0 Å². The normalized spacial score (nSPS) is 11.6. The summed E-state index contributed by atoms with van der Waals surface area (Å²) in [6.07, 6.45) is 1.49. The van der Waals surface area contributed by atoms with E-state index in [0.717, 1.165) is 11.3 Å². The highest BCUT2D eigenvalue weighted by Gasteiger charge is 2.19. The van der Waals surface area contributed by atoms with Gasteiger partial charge in [-0.05, 0) is 22.9 Å². The number of aryl methyl sites for hydroxylation is 1. The number of hydrogen-bond donors (Lipinski definition) is 1. The number of aromatic nitrogens is 1. The van der Waals surface area contributed by atoms with Crippen LogP contribution in [0.5, 0.6) is 0 Å². The lowest BCUT2D eigenvalue weighted by Crippen LogP contribution is -2.23. The molecule has 1 aromatic heterocycles. The summed E-state index contributed by atoms with van der Waals surface area (Å²) in [6.45, 7) is 5.31. The van der Waals surface area contributed by atoms with Crippen molar-refractivity contribution in [3.8, 4) is 0 Å². The standard InChI is InChI=1S/C7H9BrN2O2S2/c1-3-4-9-14(11,12)6-5(2)10-7(8)13-6/h3,9H,1,4H2,2H3. The van der Waals surface area contributed by atoms with E-state index in [1.807, 2.05) is 0 Å². The SMILES string of the molecule is C=CCNS(=O)(=O)c1sc(Br)nc1C. The van der Waals surface area contributed by atoms with Crippen molar-refractivity contribution in [2.75, 3.05) is 6.54 Å². The van der Waals surface area contributed by atoms with E-state index in [0.29, 0.717) is 9.61 Å². The highest BCUT2D eigenvalue weighted by molar-refractivity contribution is 9.11. The van der Waals surface area contributed by atoms with Crippen molar-refractivity contribution < 1.29 is 8.42 Å². The fourth-order valence-electron chi connectivity index (χ4n) is 0.834. The number of rotatable bonds is 4. The van der Waals surface area contributed by atoms with Gasteiger partial charge in [-0.2, -0.15) is 0 Å². The molecular weight excluding hydrogens is 288 g/mol. The highest BCUT2D eigenvalue weighted by atomic mass is 79.9. The second-order valence-electron chi connectivity index (χ2n) is 2.48. The Morgan fingerprint density at radius 2 is 2.36 bits per heavy atom. The maximum absolute atomic E-state index is 11.6. The molecule has 0 saturated heterocycles. The molecule has 1 rings (SSSR count). The molecule has 0 unspecified atom stereocenters. The highest BCUT2D eigenvalue weighted by Crippen LogP contribution is 2.26.